The average Bonchev–Trinajstić information content (AvgIpc) is 2.75. The molecule has 2 atom stereocenters. The molecular formula is C9H12N2O3. The van der Waals surface area contributed by atoms with E-state index in [-0.39, 0.29) is 5.92 Å². The van der Waals surface area contributed by atoms with Crippen molar-refractivity contribution in [3.05, 3.63) is 18.5 Å². The summed E-state index contributed by atoms with van der Waals surface area (Å²) in [4.78, 5) is 10.8. The van der Waals surface area contributed by atoms with Crippen LogP contribution < -0.4 is 0 Å². The van der Waals surface area contributed by atoms with Crippen LogP contribution in [0.2, 0.25) is 0 Å². The largest absolute Gasteiger partial charge is 0.479 e. The Morgan fingerprint density at radius 2 is 2.57 bits per heavy atom. The van der Waals surface area contributed by atoms with Gasteiger partial charge in [-0.1, -0.05) is 0 Å². The van der Waals surface area contributed by atoms with Gasteiger partial charge in [-0.25, -0.2) is 4.79 Å². The maximum Gasteiger partial charge on any atom is 0.333 e. The fourth-order valence-corrected chi connectivity index (χ4v) is 1.74. The number of hydrogen-bond acceptors (Lipinski definition) is 3. The van der Waals surface area contributed by atoms with Crippen molar-refractivity contribution in [1.82, 2.24) is 9.78 Å². The van der Waals surface area contributed by atoms with Crippen molar-refractivity contribution in [2.45, 2.75) is 19.1 Å². The summed E-state index contributed by atoms with van der Waals surface area (Å²) >= 11 is 0. The Hall–Kier alpha value is -1.36. The van der Waals surface area contributed by atoms with Crippen LogP contribution in [0.25, 0.3) is 0 Å². The predicted molar refractivity (Wildman–Crippen MR) is 47.7 cm³/mol. The van der Waals surface area contributed by atoms with Crippen molar-refractivity contribution < 1.29 is 14.6 Å². The van der Waals surface area contributed by atoms with E-state index in [1.165, 1.54) is 0 Å². The highest BCUT2D eigenvalue weighted by molar-refractivity contribution is 5.73. The Kier molecular flexibility index (Phi) is 2.49. The first-order valence-electron chi connectivity index (χ1n) is 4.59. The molecule has 2 rings (SSSR count). The van der Waals surface area contributed by atoms with Crippen LogP contribution in [0.5, 0.6) is 0 Å². The van der Waals surface area contributed by atoms with Crippen LogP contribution in [0.1, 0.15) is 6.42 Å². The van der Waals surface area contributed by atoms with Gasteiger partial charge in [-0.05, 0) is 12.5 Å². The molecule has 1 aromatic heterocycles. The molecule has 1 fully saturated rings. The van der Waals surface area contributed by atoms with Crippen LogP contribution in [-0.2, 0) is 16.1 Å². The molecule has 0 unspecified atom stereocenters. The van der Waals surface area contributed by atoms with Crippen LogP contribution in [-0.4, -0.2) is 33.6 Å². The Morgan fingerprint density at radius 3 is 3.21 bits per heavy atom. The van der Waals surface area contributed by atoms with E-state index in [1.54, 1.807) is 10.9 Å². The molecule has 0 bridgehead atoms. The summed E-state index contributed by atoms with van der Waals surface area (Å²) in [6.45, 7) is 1.15. The first-order chi connectivity index (χ1) is 6.77. The number of carbonyl (C=O) groups is 1. The molecule has 0 spiro atoms. The van der Waals surface area contributed by atoms with Gasteiger partial charge >= 0.3 is 5.97 Å². The number of hydrogen-bond donors (Lipinski definition) is 1. The smallest absolute Gasteiger partial charge is 0.333 e. The van der Waals surface area contributed by atoms with Crippen molar-refractivity contribution in [2.75, 3.05) is 6.61 Å². The highest BCUT2D eigenvalue weighted by atomic mass is 16.5. The molecular weight excluding hydrogens is 184 g/mol. The van der Waals surface area contributed by atoms with Gasteiger partial charge in [0.1, 0.15) is 0 Å². The van der Waals surface area contributed by atoms with E-state index in [9.17, 15) is 4.79 Å². The zero-order chi connectivity index (χ0) is 9.97. The quantitative estimate of drug-likeness (QED) is 0.758. The van der Waals surface area contributed by atoms with Gasteiger partial charge in [-0.15, -0.1) is 0 Å². The predicted octanol–water partition coefficient (Wildman–Crippen LogP) is 0.373. The number of nitrogens with zero attached hydrogens (tertiary/aromatic N) is 2. The number of carboxylic acids is 1. The normalized spacial score (nSPS) is 26.6. The molecule has 0 radical (unpaired) electrons. The molecule has 1 aliphatic rings. The minimum atomic E-state index is -0.875. The van der Waals surface area contributed by atoms with Crippen molar-refractivity contribution in [3.8, 4) is 0 Å². The Balaban J connectivity index is 2.00. The van der Waals surface area contributed by atoms with E-state index >= 15 is 0 Å². The SMILES string of the molecule is O=C(O)[C@H]1OCC[C@@H]1Cn1cccn1. The summed E-state index contributed by atoms with van der Waals surface area (Å²) in [5, 5.41) is 12.9. The summed E-state index contributed by atoms with van der Waals surface area (Å²) in [7, 11) is 0. The van der Waals surface area contributed by atoms with Crippen molar-refractivity contribution in [1.29, 1.82) is 0 Å². The van der Waals surface area contributed by atoms with Crippen LogP contribution in [0.4, 0.5) is 0 Å². The Morgan fingerprint density at radius 1 is 1.71 bits per heavy atom. The lowest BCUT2D eigenvalue weighted by Crippen LogP contribution is -2.29. The van der Waals surface area contributed by atoms with Gasteiger partial charge in [0.15, 0.2) is 6.10 Å². The number of ether oxygens (including phenoxy) is 1. The third-order valence-corrected chi connectivity index (χ3v) is 2.44. The summed E-state index contributed by atoms with van der Waals surface area (Å²) in [5.74, 6) is -0.841. The molecule has 0 amide bonds. The second-order valence-corrected chi connectivity index (χ2v) is 3.41. The molecule has 2 heterocycles. The van der Waals surface area contributed by atoms with E-state index in [0.29, 0.717) is 13.2 Å². The number of rotatable bonds is 3. The molecule has 5 heteroatoms. The van der Waals surface area contributed by atoms with Crippen molar-refractivity contribution in [3.63, 3.8) is 0 Å². The van der Waals surface area contributed by atoms with Crippen molar-refractivity contribution >= 4 is 5.97 Å². The standard InChI is InChI=1S/C9H12N2O3/c12-9(13)8-7(2-5-14-8)6-11-4-1-3-10-11/h1,3-4,7-8H,2,5-6H2,(H,12,13)/t7-,8+/m1/s1. The summed E-state index contributed by atoms with van der Waals surface area (Å²) < 4.78 is 6.88. The first-order valence-corrected chi connectivity index (χ1v) is 4.59. The van der Waals surface area contributed by atoms with Crippen LogP contribution in [0.3, 0.4) is 0 Å². The minimum Gasteiger partial charge on any atom is -0.479 e. The lowest BCUT2D eigenvalue weighted by Gasteiger charge is -2.13. The molecule has 76 valence electrons. The van der Waals surface area contributed by atoms with Gasteiger partial charge < -0.3 is 9.84 Å². The number of aromatic nitrogens is 2. The second-order valence-electron chi connectivity index (χ2n) is 3.41. The molecule has 5 nitrogen and oxygen atoms in total. The molecule has 1 N–H and O–H groups in total. The highest BCUT2D eigenvalue weighted by Gasteiger charge is 2.34. The van der Waals surface area contributed by atoms with E-state index < -0.39 is 12.1 Å². The van der Waals surface area contributed by atoms with Gasteiger partial charge in [-0.3, -0.25) is 4.68 Å². The molecule has 1 saturated heterocycles. The van der Waals surface area contributed by atoms with Crippen LogP contribution >= 0.6 is 0 Å². The maximum atomic E-state index is 10.8. The maximum absolute atomic E-state index is 10.8. The van der Waals surface area contributed by atoms with Gasteiger partial charge in [-0.2, -0.15) is 5.10 Å². The van der Waals surface area contributed by atoms with Gasteiger partial charge in [0.25, 0.3) is 0 Å². The van der Waals surface area contributed by atoms with Gasteiger partial charge in [0.2, 0.25) is 0 Å². The van der Waals surface area contributed by atoms with E-state index in [4.69, 9.17) is 9.84 Å². The van der Waals surface area contributed by atoms with Crippen LogP contribution in [0.15, 0.2) is 18.5 Å². The first kappa shape index (κ1) is 9.21. The third kappa shape index (κ3) is 1.77. The van der Waals surface area contributed by atoms with Gasteiger partial charge in [0, 0.05) is 31.5 Å². The van der Waals surface area contributed by atoms with E-state index in [0.717, 1.165) is 6.42 Å². The highest BCUT2D eigenvalue weighted by Crippen LogP contribution is 2.22. The zero-order valence-corrected chi connectivity index (χ0v) is 7.67. The van der Waals surface area contributed by atoms with Gasteiger partial charge in [0.05, 0.1) is 0 Å². The second kappa shape index (κ2) is 3.79. The molecule has 0 aromatic carbocycles. The third-order valence-electron chi connectivity index (χ3n) is 2.44. The fraction of sp³-hybridized carbons (Fsp3) is 0.556. The molecule has 1 aromatic rings. The monoisotopic (exact) mass is 196 g/mol. The average molecular weight is 196 g/mol. The minimum absolute atomic E-state index is 0.0346. The molecule has 1 aliphatic heterocycles. The van der Waals surface area contributed by atoms with Crippen molar-refractivity contribution in [2.24, 2.45) is 5.92 Å². The van der Waals surface area contributed by atoms with E-state index in [1.807, 2.05) is 12.3 Å². The topological polar surface area (TPSA) is 64.3 Å². The number of aliphatic carboxylic acids is 1. The molecule has 0 saturated carbocycles. The summed E-state index contributed by atoms with van der Waals surface area (Å²) in [5.41, 5.74) is 0. The summed E-state index contributed by atoms with van der Waals surface area (Å²) in [6, 6.07) is 1.82. The zero-order valence-electron chi connectivity index (χ0n) is 7.67. The fourth-order valence-electron chi connectivity index (χ4n) is 1.74. The Labute approximate surface area is 81.3 Å². The molecule has 14 heavy (non-hydrogen) atoms. The summed E-state index contributed by atoms with van der Waals surface area (Å²) in [6.07, 6.45) is 3.64. The Bertz CT molecular complexity index is 310. The lowest BCUT2D eigenvalue weighted by atomic mass is 10.0. The lowest BCUT2D eigenvalue weighted by molar-refractivity contribution is -0.149. The van der Waals surface area contributed by atoms with E-state index in [2.05, 4.69) is 5.10 Å². The molecule has 0 aliphatic carbocycles. The van der Waals surface area contributed by atoms with Crippen LogP contribution in [0, 0.1) is 5.92 Å². The number of carboxylic acid groups (broad SMARTS) is 1.